The molecule has 1 aromatic carbocycles. The SMILES string of the molecule is COc1ccccc1[C@@H](C#N)NC(=O)[C@@H](C)N1CCCCCC1. The van der Waals surface area contributed by atoms with Crippen molar-refractivity contribution in [2.45, 2.75) is 44.7 Å². The average molecular weight is 315 g/mol. The number of ether oxygens (including phenoxy) is 1. The molecule has 0 aliphatic carbocycles. The van der Waals surface area contributed by atoms with Gasteiger partial charge in [0.25, 0.3) is 0 Å². The lowest BCUT2D eigenvalue weighted by molar-refractivity contribution is -0.126. The van der Waals surface area contributed by atoms with Gasteiger partial charge in [-0.3, -0.25) is 9.69 Å². The van der Waals surface area contributed by atoms with E-state index in [2.05, 4.69) is 16.3 Å². The Hall–Kier alpha value is -2.06. The summed E-state index contributed by atoms with van der Waals surface area (Å²) < 4.78 is 5.29. The van der Waals surface area contributed by atoms with Crippen LogP contribution in [0.25, 0.3) is 0 Å². The molecule has 0 saturated carbocycles. The molecule has 1 aromatic rings. The van der Waals surface area contributed by atoms with Gasteiger partial charge in [0.15, 0.2) is 0 Å². The topological polar surface area (TPSA) is 65.4 Å². The molecule has 1 saturated heterocycles. The highest BCUT2D eigenvalue weighted by Gasteiger charge is 2.25. The second-order valence-corrected chi connectivity index (χ2v) is 5.94. The Morgan fingerprint density at radius 2 is 1.91 bits per heavy atom. The van der Waals surface area contributed by atoms with Crippen molar-refractivity contribution in [1.82, 2.24) is 10.2 Å². The molecule has 0 aromatic heterocycles. The van der Waals surface area contributed by atoms with E-state index >= 15 is 0 Å². The van der Waals surface area contributed by atoms with Gasteiger partial charge < -0.3 is 10.1 Å². The number of amides is 1. The average Bonchev–Trinajstić information content (AvgIpc) is 2.88. The van der Waals surface area contributed by atoms with Crippen LogP contribution in [0, 0.1) is 11.3 Å². The molecular weight excluding hydrogens is 290 g/mol. The Kier molecular flexibility index (Phi) is 6.42. The lowest BCUT2D eigenvalue weighted by atomic mass is 10.1. The number of rotatable bonds is 5. The quantitative estimate of drug-likeness (QED) is 0.907. The minimum Gasteiger partial charge on any atom is -0.496 e. The van der Waals surface area contributed by atoms with Crippen LogP contribution in [0.3, 0.4) is 0 Å². The molecule has 1 aliphatic rings. The molecule has 5 heteroatoms. The number of nitrogens with zero attached hydrogens (tertiary/aromatic N) is 2. The number of carbonyl (C=O) groups excluding carboxylic acids is 1. The van der Waals surface area contributed by atoms with Gasteiger partial charge in [-0.05, 0) is 38.9 Å². The van der Waals surface area contributed by atoms with Crippen LogP contribution < -0.4 is 10.1 Å². The molecule has 1 aliphatic heterocycles. The fourth-order valence-electron chi connectivity index (χ4n) is 3.00. The molecule has 5 nitrogen and oxygen atoms in total. The third kappa shape index (κ3) is 4.46. The van der Waals surface area contributed by atoms with Crippen molar-refractivity contribution in [2.24, 2.45) is 0 Å². The highest BCUT2D eigenvalue weighted by molar-refractivity contribution is 5.82. The summed E-state index contributed by atoms with van der Waals surface area (Å²) in [7, 11) is 1.56. The minimum absolute atomic E-state index is 0.107. The first-order valence-corrected chi connectivity index (χ1v) is 8.24. The fraction of sp³-hybridized carbons (Fsp3) is 0.556. The Morgan fingerprint density at radius 1 is 1.26 bits per heavy atom. The maximum atomic E-state index is 12.6. The van der Waals surface area contributed by atoms with Crippen LogP contribution in [0.4, 0.5) is 0 Å². The number of nitrogens with one attached hydrogen (secondary N) is 1. The van der Waals surface area contributed by atoms with E-state index in [4.69, 9.17) is 4.74 Å². The smallest absolute Gasteiger partial charge is 0.238 e. The molecule has 0 bridgehead atoms. The van der Waals surface area contributed by atoms with Crippen LogP contribution in [-0.2, 0) is 4.79 Å². The van der Waals surface area contributed by atoms with E-state index in [1.54, 1.807) is 13.2 Å². The second-order valence-electron chi connectivity index (χ2n) is 5.94. The second kappa shape index (κ2) is 8.54. The van der Waals surface area contributed by atoms with Gasteiger partial charge >= 0.3 is 0 Å². The number of benzene rings is 1. The van der Waals surface area contributed by atoms with Gasteiger partial charge in [0.2, 0.25) is 5.91 Å². The van der Waals surface area contributed by atoms with Crippen LogP contribution in [-0.4, -0.2) is 37.0 Å². The summed E-state index contributed by atoms with van der Waals surface area (Å²) in [6.45, 7) is 3.80. The zero-order valence-electron chi connectivity index (χ0n) is 13.9. The van der Waals surface area contributed by atoms with Gasteiger partial charge in [-0.2, -0.15) is 5.26 Å². The lowest BCUT2D eigenvalue weighted by Crippen LogP contribution is -2.46. The minimum atomic E-state index is -0.701. The monoisotopic (exact) mass is 315 g/mol. The van der Waals surface area contributed by atoms with Crippen molar-refractivity contribution in [2.75, 3.05) is 20.2 Å². The predicted octanol–water partition coefficient (Wildman–Crippen LogP) is 2.64. The van der Waals surface area contributed by atoms with Crippen LogP contribution in [0.2, 0.25) is 0 Å². The summed E-state index contributed by atoms with van der Waals surface area (Å²) in [4.78, 5) is 14.8. The van der Waals surface area contributed by atoms with Gasteiger partial charge in [0, 0.05) is 5.56 Å². The van der Waals surface area contributed by atoms with Gasteiger partial charge in [0.05, 0.1) is 19.2 Å². The molecular formula is C18H25N3O2. The highest BCUT2D eigenvalue weighted by Crippen LogP contribution is 2.24. The first-order chi connectivity index (χ1) is 11.2. The van der Waals surface area contributed by atoms with Crippen molar-refractivity contribution < 1.29 is 9.53 Å². The van der Waals surface area contributed by atoms with Crippen molar-refractivity contribution in [3.63, 3.8) is 0 Å². The molecule has 23 heavy (non-hydrogen) atoms. The molecule has 2 atom stereocenters. The summed E-state index contributed by atoms with van der Waals surface area (Å²) in [6.07, 6.45) is 4.72. The highest BCUT2D eigenvalue weighted by atomic mass is 16.5. The van der Waals surface area contributed by atoms with Crippen molar-refractivity contribution in [1.29, 1.82) is 5.26 Å². The number of methoxy groups -OCH3 is 1. The zero-order chi connectivity index (χ0) is 16.7. The van der Waals surface area contributed by atoms with Crippen LogP contribution in [0.1, 0.15) is 44.2 Å². The number of hydrogen-bond donors (Lipinski definition) is 1. The largest absolute Gasteiger partial charge is 0.496 e. The number of para-hydroxylation sites is 1. The summed E-state index contributed by atoms with van der Waals surface area (Å²) in [5.74, 6) is 0.506. The van der Waals surface area contributed by atoms with Gasteiger partial charge in [-0.1, -0.05) is 31.0 Å². The maximum absolute atomic E-state index is 12.6. The van der Waals surface area contributed by atoms with E-state index in [0.29, 0.717) is 11.3 Å². The number of carbonyl (C=O) groups is 1. The first-order valence-electron chi connectivity index (χ1n) is 8.24. The summed E-state index contributed by atoms with van der Waals surface area (Å²) >= 11 is 0. The lowest BCUT2D eigenvalue weighted by Gasteiger charge is -2.27. The fourth-order valence-corrected chi connectivity index (χ4v) is 3.00. The zero-order valence-corrected chi connectivity index (χ0v) is 13.9. The van der Waals surface area contributed by atoms with E-state index in [0.717, 1.165) is 25.9 Å². The maximum Gasteiger partial charge on any atom is 0.238 e. The molecule has 2 rings (SSSR count). The molecule has 124 valence electrons. The normalized spacial score (nSPS) is 18.3. The van der Waals surface area contributed by atoms with E-state index in [-0.39, 0.29) is 11.9 Å². The van der Waals surface area contributed by atoms with Crippen LogP contribution >= 0.6 is 0 Å². The van der Waals surface area contributed by atoms with E-state index < -0.39 is 6.04 Å². The Balaban J connectivity index is 2.06. The predicted molar refractivity (Wildman–Crippen MR) is 89.0 cm³/mol. The van der Waals surface area contributed by atoms with E-state index in [1.165, 1.54) is 12.8 Å². The third-order valence-electron chi connectivity index (χ3n) is 4.43. The van der Waals surface area contributed by atoms with Crippen molar-refractivity contribution in [3.05, 3.63) is 29.8 Å². The first kappa shape index (κ1) is 17.3. The molecule has 1 fully saturated rings. The molecule has 0 radical (unpaired) electrons. The van der Waals surface area contributed by atoms with Gasteiger partial charge in [-0.25, -0.2) is 0 Å². The van der Waals surface area contributed by atoms with Crippen LogP contribution in [0.15, 0.2) is 24.3 Å². The van der Waals surface area contributed by atoms with E-state index in [1.807, 2.05) is 25.1 Å². The molecule has 1 heterocycles. The Labute approximate surface area is 138 Å². The summed E-state index contributed by atoms with van der Waals surface area (Å²) in [5.41, 5.74) is 0.689. The van der Waals surface area contributed by atoms with Gasteiger partial charge in [-0.15, -0.1) is 0 Å². The summed E-state index contributed by atoms with van der Waals surface area (Å²) in [6, 6.07) is 8.53. The van der Waals surface area contributed by atoms with Gasteiger partial charge in [0.1, 0.15) is 11.8 Å². The third-order valence-corrected chi connectivity index (χ3v) is 4.43. The van der Waals surface area contributed by atoms with Crippen LogP contribution in [0.5, 0.6) is 5.75 Å². The summed E-state index contributed by atoms with van der Waals surface area (Å²) in [5, 5.41) is 12.3. The Morgan fingerprint density at radius 3 is 2.52 bits per heavy atom. The molecule has 0 unspecified atom stereocenters. The van der Waals surface area contributed by atoms with E-state index in [9.17, 15) is 10.1 Å². The Bertz CT molecular complexity index is 560. The number of hydrogen-bond acceptors (Lipinski definition) is 4. The molecule has 1 N–H and O–H groups in total. The molecule has 1 amide bonds. The van der Waals surface area contributed by atoms with Crippen molar-refractivity contribution >= 4 is 5.91 Å². The standard InChI is InChI=1S/C18H25N3O2/c1-14(21-11-7-3-4-8-12-21)18(22)20-16(13-19)15-9-5-6-10-17(15)23-2/h5-6,9-10,14,16H,3-4,7-8,11-12H2,1-2H3,(H,20,22)/t14-,16-/m1/s1. The van der Waals surface area contributed by atoms with Crippen molar-refractivity contribution in [3.8, 4) is 11.8 Å². The number of likely N-dealkylation sites (tertiary alicyclic amines) is 1. The number of nitriles is 1. The molecule has 0 spiro atoms.